The van der Waals surface area contributed by atoms with E-state index in [1.165, 1.54) is 12.3 Å². The molecule has 7 nitrogen and oxygen atoms in total. The van der Waals surface area contributed by atoms with Crippen LogP contribution in [0.3, 0.4) is 0 Å². The lowest BCUT2D eigenvalue weighted by Gasteiger charge is -2.13. The van der Waals surface area contributed by atoms with Crippen molar-refractivity contribution in [3.63, 3.8) is 0 Å². The first-order chi connectivity index (χ1) is 11.5. The molecule has 0 aliphatic rings. The van der Waals surface area contributed by atoms with E-state index in [0.717, 1.165) is 0 Å². The number of aromatic nitrogens is 3. The summed E-state index contributed by atoms with van der Waals surface area (Å²) in [5.41, 5.74) is 1.38. The Morgan fingerprint density at radius 1 is 1.42 bits per heavy atom. The maximum Gasteiger partial charge on any atom is 0.319 e. The van der Waals surface area contributed by atoms with Gasteiger partial charge in [0.1, 0.15) is 5.82 Å². The van der Waals surface area contributed by atoms with Gasteiger partial charge in [-0.1, -0.05) is 12.1 Å². The summed E-state index contributed by atoms with van der Waals surface area (Å²) in [6.45, 7) is 1.59. The van der Waals surface area contributed by atoms with Crippen LogP contribution in [0.25, 0.3) is 5.78 Å². The smallest absolute Gasteiger partial charge is 0.319 e. The molecule has 2 amide bonds. The van der Waals surface area contributed by atoms with Gasteiger partial charge in [-0.05, 0) is 24.1 Å². The summed E-state index contributed by atoms with van der Waals surface area (Å²) in [5, 5.41) is 15.2. The zero-order valence-electron chi connectivity index (χ0n) is 12.9. The number of urea groups is 1. The second-order valence-electron chi connectivity index (χ2n) is 5.34. The maximum absolute atomic E-state index is 13.5. The number of rotatable bonds is 4. The zero-order valence-corrected chi connectivity index (χ0v) is 12.9. The molecule has 0 bridgehead atoms. The fourth-order valence-electron chi connectivity index (χ4n) is 2.18. The first-order valence-electron chi connectivity index (χ1n) is 7.30. The van der Waals surface area contributed by atoms with Gasteiger partial charge < -0.3 is 15.7 Å². The number of aliphatic hydroxyl groups is 1. The van der Waals surface area contributed by atoms with Crippen molar-refractivity contribution >= 4 is 17.5 Å². The van der Waals surface area contributed by atoms with E-state index in [1.54, 1.807) is 42.0 Å². The van der Waals surface area contributed by atoms with Crippen molar-refractivity contribution in [2.45, 2.75) is 13.0 Å². The molecule has 3 N–H and O–H groups in total. The minimum absolute atomic E-state index is 0.0465. The van der Waals surface area contributed by atoms with Crippen LogP contribution < -0.4 is 10.6 Å². The molecule has 8 heteroatoms. The van der Waals surface area contributed by atoms with Crippen LogP contribution in [0.1, 0.15) is 17.2 Å². The fraction of sp³-hybridized carbons (Fsp3) is 0.188. The molecular formula is C16H16FN5O2. The number of fused-ring (bicyclic) bond motifs is 1. The Bertz CT molecular complexity index is 880. The Labute approximate surface area is 137 Å². The molecule has 1 aromatic carbocycles. The molecule has 0 saturated carbocycles. The summed E-state index contributed by atoms with van der Waals surface area (Å²) in [6, 6.07) is 3.97. The molecule has 3 aromatic rings. The predicted octanol–water partition coefficient (Wildman–Crippen LogP) is 2.03. The van der Waals surface area contributed by atoms with Crippen LogP contribution in [0, 0.1) is 12.7 Å². The summed E-state index contributed by atoms with van der Waals surface area (Å²) in [6.07, 6.45) is 5.46. The minimum atomic E-state index is -1.000. The van der Waals surface area contributed by atoms with E-state index in [4.69, 9.17) is 0 Å². The number of nitrogens with one attached hydrogen (secondary N) is 2. The Hall–Kier alpha value is -3.00. The third kappa shape index (κ3) is 3.49. The lowest BCUT2D eigenvalue weighted by molar-refractivity contribution is 0.174. The van der Waals surface area contributed by atoms with E-state index in [2.05, 4.69) is 20.6 Å². The van der Waals surface area contributed by atoms with E-state index in [0.29, 0.717) is 22.6 Å². The van der Waals surface area contributed by atoms with Gasteiger partial charge >= 0.3 is 6.03 Å². The van der Waals surface area contributed by atoms with Crippen LogP contribution in [0.5, 0.6) is 0 Å². The Kier molecular flexibility index (Phi) is 4.39. The van der Waals surface area contributed by atoms with E-state index < -0.39 is 18.0 Å². The number of imidazole rings is 1. The van der Waals surface area contributed by atoms with Gasteiger partial charge in [0.2, 0.25) is 5.78 Å². The van der Waals surface area contributed by atoms with Crippen molar-refractivity contribution in [1.82, 2.24) is 19.7 Å². The highest BCUT2D eigenvalue weighted by Gasteiger charge is 2.11. The van der Waals surface area contributed by atoms with Crippen molar-refractivity contribution in [2.75, 3.05) is 11.9 Å². The van der Waals surface area contributed by atoms with Crippen molar-refractivity contribution in [3.8, 4) is 0 Å². The van der Waals surface area contributed by atoms with E-state index >= 15 is 0 Å². The number of carbonyl (C=O) groups is 1. The predicted molar refractivity (Wildman–Crippen MR) is 86.1 cm³/mol. The Morgan fingerprint density at radius 2 is 2.25 bits per heavy atom. The van der Waals surface area contributed by atoms with Gasteiger partial charge in [0.05, 0.1) is 18.0 Å². The zero-order chi connectivity index (χ0) is 17.1. The van der Waals surface area contributed by atoms with Gasteiger partial charge in [-0.3, -0.25) is 4.40 Å². The van der Waals surface area contributed by atoms with Gasteiger partial charge in [-0.2, -0.15) is 0 Å². The largest absolute Gasteiger partial charge is 0.387 e. The van der Waals surface area contributed by atoms with Crippen molar-refractivity contribution in [2.24, 2.45) is 0 Å². The third-order valence-electron chi connectivity index (χ3n) is 3.54. The quantitative estimate of drug-likeness (QED) is 0.683. The SMILES string of the molecule is Cc1ccc(C(O)CNC(=O)Nc2cnc3nccn3c2)cc1F. The highest BCUT2D eigenvalue weighted by molar-refractivity contribution is 5.88. The molecule has 1 atom stereocenters. The van der Waals surface area contributed by atoms with E-state index in [-0.39, 0.29) is 6.54 Å². The summed E-state index contributed by atoms with van der Waals surface area (Å²) >= 11 is 0. The van der Waals surface area contributed by atoms with Crippen LogP contribution in [0.15, 0.2) is 43.0 Å². The average molecular weight is 329 g/mol. The highest BCUT2D eigenvalue weighted by Crippen LogP contribution is 2.16. The molecule has 24 heavy (non-hydrogen) atoms. The second-order valence-corrected chi connectivity index (χ2v) is 5.34. The van der Waals surface area contributed by atoms with Gasteiger partial charge in [0.25, 0.3) is 0 Å². The number of aryl methyl sites for hydroxylation is 1. The molecule has 0 fully saturated rings. The number of carbonyl (C=O) groups excluding carboxylic acids is 1. The van der Waals surface area contributed by atoms with Crippen LogP contribution >= 0.6 is 0 Å². The first-order valence-corrected chi connectivity index (χ1v) is 7.30. The molecule has 2 heterocycles. The van der Waals surface area contributed by atoms with Crippen LogP contribution in [0.2, 0.25) is 0 Å². The highest BCUT2D eigenvalue weighted by atomic mass is 19.1. The third-order valence-corrected chi connectivity index (χ3v) is 3.54. The monoisotopic (exact) mass is 329 g/mol. The van der Waals surface area contributed by atoms with Gasteiger partial charge in [-0.25, -0.2) is 19.2 Å². The van der Waals surface area contributed by atoms with Crippen molar-refractivity contribution < 1.29 is 14.3 Å². The summed E-state index contributed by atoms with van der Waals surface area (Å²) in [7, 11) is 0. The van der Waals surface area contributed by atoms with E-state index in [9.17, 15) is 14.3 Å². The van der Waals surface area contributed by atoms with Crippen molar-refractivity contribution in [3.05, 3.63) is 59.9 Å². The van der Waals surface area contributed by atoms with Crippen LogP contribution in [0.4, 0.5) is 14.9 Å². The maximum atomic E-state index is 13.5. The summed E-state index contributed by atoms with van der Waals surface area (Å²) in [5.74, 6) is 0.133. The van der Waals surface area contributed by atoms with Gasteiger partial charge in [0, 0.05) is 25.1 Å². The molecule has 0 saturated heterocycles. The summed E-state index contributed by atoms with van der Waals surface area (Å²) < 4.78 is 15.2. The minimum Gasteiger partial charge on any atom is -0.387 e. The lowest BCUT2D eigenvalue weighted by atomic mass is 10.1. The fourth-order valence-corrected chi connectivity index (χ4v) is 2.18. The molecule has 0 radical (unpaired) electrons. The number of hydrogen-bond donors (Lipinski definition) is 3. The molecule has 2 aromatic heterocycles. The number of halogens is 1. The topological polar surface area (TPSA) is 91.5 Å². The number of hydrogen-bond acceptors (Lipinski definition) is 4. The number of aliphatic hydroxyl groups excluding tert-OH is 1. The number of nitrogens with zero attached hydrogens (tertiary/aromatic N) is 3. The normalized spacial score (nSPS) is 12.1. The standard InChI is InChI=1S/C16H16FN5O2/c1-10-2-3-11(6-13(10)17)14(23)8-20-16(24)21-12-7-19-15-18-4-5-22(15)9-12/h2-7,9,14,23H,8H2,1H3,(H2,20,21,24). The number of benzene rings is 1. The first kappa shape index (κ1) is 15.9. The molecule has 0 aliphatic carbocycles. The Balaban J connectivity index is 1.57. The number of amides is 2. The second kappa shape index (κ2) is 6.63. The average Bonchev–Trinajstić information content (AvgIpc) is 3.03. The molecule has 3 rings (SSSR count). The lowest BCUT2D eigenvalue weighted by Crippen LogP contribution is -2.32. The van der Waals surface area contributed by atoms with Gasteiger partial charge in [0.15, 0.2) is 0 Å². The summed E-state index contributed by atoms with van der Waals surface area (Å²) in [4.78, 5) is 20.0. The van der Waals surface area contributed by atoms with Gasteiger partial charge in [-0.15, -0.1) is 0 Å². The van der Waals surface area contributed by atoms with E-state index in [1.807, 2.05) is 0 Å². The molecule has 124 valence electrons. The molecule has 1 unspecified atom stereocenters. The van der Waals surface area contributed by atoms with Crippen LogP contribution in [-0.2, 0) is 0 Å². The molecule has 0 aliphatic heterocycles. The number of anilines is 1. The van der Waals surface area contributed by atoms with Crippen LogP contribution in [-0.4, -0.2) is 32.1 Å². The van der Waals surface area contributed by atoms with Crippen molar-refractivity contribution in [1.29, 1.82) is 0 Å². The Morgan fingerprint density at radius 3 is 3.04 bits per heavy atom. The molecule has 0 spiro atoms. The molecular weight excluding hydrogens is 313 g/mol.